The summed E-state index contributed by atoms with van der Waals surface area (Å²) in [5.41, 5.74) is 2.21. The number of nitrogens with zero attached hydrogens (tertiary/aromatic N) is 1. The molecule has 4 heteroatoms. The largest absolute Gasteiger partial charge is 0.337 e. The van der Waals surface area contributed by atoms with Gasteiger partial charge in [-0.2, -0.15) is 0 Å². The van der Waals surface area contributed by atoms with Crippen molar-refractivity contribution in [3.05, 3.63) is 51.7 Å². The third kappa shape index (κ3) is 3.39. The van der Waals surface area contributed by atoms with Gasteiger partial charge < -0.3 is 4.90 Å². The highest BCUT2D eigenvalue weighted by atomic mass is 32.2. The molecule has 0 aliphatic heterocycles. The Kier molecular flexibility index (Phi) is 4.66. The maximum atomic E-state index is 12.3. The second kappa shape index (κ2) is 6.26. The van der Waals surface area contributed by atoms with Crippen LogP contribution >= 0.6 is 23.1 Å². The minimum atomic E-state index is 0.0986. The summed E-state index contributed by atoms with van der Waals surface area (Å²) in [6.45, 7) is 2.62. The molecule has 0 saturated carbocycles. The Labute approximate surface area is 122 Å². The van der Waals surface area contributed by atoms with Crippen LogP contribution in [0.5, 0.6) is 0 Å². The quantitative estimate of drug-likeness (QED) is 0.792. The van der Waals surface area contributed by atoms with Gasteiger partial charge in [0.25, 0.3) is 5.91 Å². The van der Waals surface area contributed by atoms with Gasteiger partial charge >= 0.3 is 0 Å². The van der Waals surface area contributed by atoms with Crippen molar-refractivity contribution < 1.29 is 4.79 Å². The highest BCUT2D eigenvalue weighted by Gasteiger charge is 2.15. The van der Waals surface area contributed by atoms with Crippen LogP contribution in [0.1, 0.15) is 20.8 Å². The summed E-state index contributed by atoms with van der Waals surface area (Å²) >= 11 is 3.23. The number of carbonyl (C=O) groups is 1. The molecule has 0 spiro atoms. The second-order valence-corrected chi connectivity index (χ2v) is 6.24. The van der Waals surface area contributed by atoms with Crippen molar-refractivity contribution in [3.8, 4) is 0 Å². The van der Waals surface area contributed by atoms with E-state index in [1.165, 1.54) is 16.2 Å². The number of hydrogen-bond donors (Lipinski definition) is 0. The van der Waals surface area contributed by atoms with E-state index in [4.69, 9.17) is 0 Å². The summed E-state index contributed by atoms with van der Waals surface area (Å²) in [5.74, 6) is 0.0986. The summed E-state index contributed by atoms with van der Waals surface area (Å²) in [5, 5.41) is 1.96. The highest BCUT2D eigenvalue weighted by molar-refractivity contribution is 7.98. The average molecular weight is 291 g/mol. The lowest BCUT2D eigenvalue weighted by Crippen LogP contribution is -2.25. The van der Waals surface area contributed by atoms with Gasteiger partial charge in [-0.15, -0.1) is 23.1 Å². The monoisotopic (exact) mass is 291 g/mol. The first-order valence-corrected chi connectivity index (χ1v) is 8.14. The fourth-order valence-electron chi connectivity index (χ4n) is 1.84. The van der Waals surface area contributed by atoms with Crippen LogP contribution in [0.25, 0.3) is 0 Å². The zero-order chi connectivity index (χ0) is 13.8. The molecule has 0 unspecified atom stereocenters. The zero-order valence-electron chi connectivity index (χ0n) is 11.3. The lowest BCUT2D eigenvalue weighted by atomic mass is 10.2. The van der Waals surface area contributed by atoms with Crippen molar-refractivity contribution in [2.75, 3.05) is 13.3 Å². The molecule has 0 N–H and O–H groups in total. The van der Waals surface area contributed by atoms with Crippen LogP contribution < -0.4 is 0 Å². The third-order valence-electron chi connectivity index (χ3n) is 2.98. The normalized spacial score (nSPS) is 10.5. The molecular formula is C15H17NOS2. The third-order valence-corrected chi connectivity index (χ3v) is 4.73. The van der Waals surface area contributed by atoms with Crippen molar-refractivity contribution in [3.63, 3.8) is 0 Å². The molecular weight excluding hydrogens is 274 g/mol. The van der Waals surface area contributed by atoms with Crippen LogP contribution in [0.3, 0.4) is 0 Å². The van der Waals surface area contributed by atoms with Crippen molar-refractivity contribution in [2.24, 2.45) is 0 Å². The van der Waals surface area contributed by atoms with Gasteiger partial charge in [-0.3, -0.25) is 4.79 Å². The van der Waals surface area contributed by atoms with E-state index >= 15 is 0 Å². The Balaban J connectivity index is 2.06. The Hall–Kier alpha value is -1.26. The molecule has 2 rings (SSSR count). The van der Waals surface area contributed by atoms with Crippen LogP contribution in [0.4, 0.5) is 0 Å². The minimum absolute atomic E-state index is 0.0986. The molecule has 100 valence electrons. The van der Waals surface area contributed by atoms with E-state index in [0.29, 0.717) is 6.54 Å². The van der Waals surface area contributed by atoms with Crippen molar-refractivity contribution >= 4 is 29.0 Å². The summed E-state index contributed by atoms with van der Waals surface area (Å²) in [6.07, 6.45) is 2.06. The number of aryl methyl sites for hydroxylation is 1. The maximum absolute atomic E-state index is 12.3. The molecule has 0 bridgehead atoms. The molecule has 1 aromatic heterocycles. The Bertz CT molecular complexity index is 560. The molecule has 19 heavy (non-hydrogen) atoms. The molecule has 2 nitrogen and oxygen atoms in total. The standard InChI is InChI=1S/C15H17NOS2/c1-11-8-9-19-14(11)15(17)16(2)10-12-4-6-13(18-3)7-5-12/h4-9H,10H2,1-3H3. The second-order valence-electron chi connectivity index (χ2n) is 4.44. The van der Waals surface area contributed by atoms with E-state index in [9.17, 15) is 4.79 Å². The fraction of sp³-hybridized carbons (Fsp3) is 0.267. The summed E-state index contributed by atoms with van der Waals surface area (Å²) in [7, 11) is 1.85. The summed E-state index contributed by atoms with van der Waals surface area (Å²) in [6, 6.07) is 10.3. The maximum Gasteiger partial charge on any atom is 0.264 e. The van der Waals surface area contributed by atoms with Crippen molar-refractivity contribution in [1.29, 1.82) is 0 Å². The van der Waals surface area contributed by atoms with Crippen LogP contribution in [-0.2, 0) is 6.54 Å². The Morgan fingerprint density at radius 1 is 1.26 bits per heavy atom. The van der Waals surface area contributed by atoms with E-state index in [1.54, 1.807) is 16.7 Å². The van der Waals surface area contributed by atoms with E-state index < -0.39 is 0 Å². The van der Waals surface area contributed by atoms with Crippen molar-refractivity contribution in [1.82, 2.24) is 4.90 Å². The lowest BCUT2D eigenvalue weighted by Gasteiger charge is -2.17. The van der Waals surface area contributed by atoms with E-state index in [1.807, 2.05) is 25.4 Å². The first kappa shape index (κ1) is 14.2. The molecule has 2 aromatic rings. The van der Waals surface area contributed by atoms with E-state index in [-0.39, 0.29) is 5.91 Å². The fourth-order valence-corrected chi connectivity index (χ4v) is 3.17. The van der Waals surface area contributed by atoms with Crippen LogP contribution in [0.2, 0.25) is 0 Å². The highest BCUT2D eigenvalue weighted by Crippen LogP contribution is 2.19. The van der Waals surface area contributed by atoms with Gasteiger partial charge in [-0.1, -0.05) is 12.1 Å². The molecule has 0 aliphatic carbocycles. The number of thioether (sulfide) groups is 1. The number of amides is 1. The van der Waals surface area contributed by atoms with Gasteiger partial charge in [0.2, 0.25) is 0 Å². The topological polar surface area (TPSA) is 20.3 Å². The lowest BCUT2D eigenvalue weighted by molar-refractivity contribution is 0.0789. The number of thiophene rings is 1. The number of rotatable bonds is 4. The number of hydrogen-bond acceptors (Lipinski definition) is 3. The summed E-state index contributed by atoms with van der Waals surface area (Å²) < 4.78 is 0. The zero-order valence-corrected chi connectivity index (χ0v) is 13.0. The van der Waals surface area contributed by atoms with Gasteiger partial charge in [-0.05, 0) is 47.9 Å². The van der Waals surface area contributed by atoms with E-state index in [2.05, 4.69) is 30.5 Å². The van der Waals surface area contributed by atoms with Crippen molar-refractivity contribution in [2.45, 2.75) is 18.4 Å². The molecule has 0 fully saturated rings. The predicted octanol–water partition coefficient (Wildman–Crippen LogP) is 4.05. The number of carbonyl (C=O) groups excluding carboxylic acids is 1. The molecule has 0 atom stereocenters. The average Bonchev–Trinajstić information content (AvgIpc) is 2.85. The molecule has 1 amide bonds. The van der Waals surface area contributed by atoms with Gasteiger partial charge in [0.15, 0.2) is 0 Å². The Morgan fingerprint density at radius 2 is 1.95 bits per heavy atom. The van der Waals surface area contributed by atoms with Gasteiger partial charge in [0.1, 0.15) is 0 Å². The van der Waals surface area contributed by atoms with Crippen LogP contribution in [-0.4, -0.2) is 24.1 Å². The smallest absolute Gasteiger partial charge is 0.264 e. The Morgan fingerprint density at radius 3 is 2.47 bits per heavy atom. The van der Waals surface area contributed by atoms with Gasteiger partial charge in [-0.25, -0.2) is 0 Å². The van der Waals surface area contributed by atoms with Gasteiger partial charge in [0, 0.05) is 18.5 Å². The van der Waals surface area contributed by atoms with Gasteiger partial charge in [0.05, 0.1) is 4.88 Å². The minimum Gasteiger partial charge on any atom is -0.337 e. The molecule has 1 aromatic carbocycles. The van der Waals surface area contributed by atoms with Crippen LogP contribution in [0, 0.1) is 6.92 Å². The van der Waals surface area contributed by atoms with E-state index in [0.717, 1.165) is 16.0 Å². The molecule has 1 heterocycles. The molecule has 0 saturated heterocycles. The predicted molar refractivity (Wildman–Crippen MR) is 83.1 cm³/mol. The summed E-state index contributed by atoms with van der Waals surface area (Å²) in [4.78, 5) is 16.1. The number of benzene rings is 1. The van der Waals surface area contributed by atoms with Crippen LogP contribution in [0.15, 0.2) is 40.6 Å². The first-order valence-electron chi connectivity index (χ1n) is 6.04. The molecule has 0 aliphatic rings. The molecule has 0 radical (unpaired) electrons. The first-order chi connectivity index (χ1) is 9.11. The SMILES string of the molecule is CSc1ccc(CN(C)C(=O)c2sccc2C)cc1.